The van der Waals surface area contributed by atoms with Crippen LogP contribution >= 0.6 is 22.6 Å². The summed E-state index contributed by atoms with van der Waals surface area (Å²) in [5.41, 5.74) is -1.70. The molecule has 10 heteroatoms. The number of anilines is 2. The summed E-state index contributed by atoms with van der Waals surface area (Å²) in [4.78, 5) is 16.8. The van der Waals surface area contributed by atoms with Gasteiger partial charge in [0.15, 0.2) is 11.6 Å². The lowest BCUT2D eigenvalue weighted by Gasteiger charge is -2.46. The third-order valence-corrected chi connectivity index (χ3v) is 6.93. The highest BCUT2D eigenvalue weighted by atomic mass is 127. The van der Waals surface area contributed by atoms with Crippen LogP contribution in [0.2, 0.25) is 0 Å². The SMILES string of the molecule is O=C(c1ccc(F)c(F)c1Nc1ccc(I)cc1F)N1CC(O)(CNCCCN2CCCC2)C1. The summed E-state index contributed by atoms with van der Waals surface area (Å²) >= 11 is 1.94. The number of hydrogen-bond donors (Lipinski definition) is 3. The smallest absolute Gasteiger partial charge is 0.256 e. The Morgan fingerprint density at radius 3 is 2.53 bits per heavy atom. The largest absolute Gasteiger partial charge is 0.385 e. The zero-order chi connectivity index (χ0) is 24.3. The minimum absolute atomic E-state index is 0.0707. The maximum absolute atomic E-state index is 14.6. The number of amides is 1. The molecule has 34 heavy (non-hydrogen) atoms. The Morgan fingerprint density at radius 2 is 1.82 bits per heavy atom. The third-order valence-electron chi connectivity index (χ3n) is 6.25. The average Bonchev–Trinajstić information content (AvgIpc) is 3.30. The standard InChI is InChI=1S/C24H28F3IN4O2/c25-18-6-5-17(22(21(18)27)30-20-7-4-16(28)12-19(20)26)23(33)32-14-24(34,15-32)13-29-8-3-11-31-9-1-2-10-31/h4-7,12,29-30,34H,1-3,8-11,13-15H2. The van der Waals surface area contributed by atoms with Crippen LogP contribution in [0.1, 0.15) is 29.6 Å². The summed E-state index contributed by atoms with van der Waals surface area (Å²) in [6, 6.07) is 6.29. The topological polar surface area (TPSA) is 67.8 Å². The lowest BCUT2D eigenvalue weighted by molar-refractivity contribution is -0.0784. The summed E-state index contributed by atoms with van der Waals surface area (Å²) in [6.07, 6.45) is 3.50. The normalized spacial score (nSPS) is 17.6. The van der Waals surface area contributed by atoms with Gasteiger partial charge in [0.25, 0.3) is 5.91 Å². The van der Waals surface area contributed by atoms with Gasteiger partial charge in [-0.3, -0.25) is 4.79 Å². The van der Waals surface area contributed by atoms with Crippen molar-refractivity contribution in [2.75, 3.05) is 51.1 Å². The van der Waals surface area contributed by atoms with Crippen LogP contribution in [0.25, 0.3) is 0 Å². The summed E-state index contributed by atoms with van der Waals surface area (Å²) in [5, 5.41) is 16.5. The van der Waals surface area contributed by atoms with Crippen LogP contribution in [0.5, 0.6) is 0 Å². The van der Waals surface area contributed by atoms with E-state index in [0.29, 0.717) is 10.1 Å². The fourth-order valence-electron chi connectivity index (χ4n) is 4.42. The molecular weight excluding hydrogens is 560 g/mol. The molecule has 2 aromatic carbocycles. The maximum Gasteiger partial charge on any atom is 0.256 e. The minimum Gasteiger partial charge on any atom is -0.385 e. The van der Waals surface area contributed by atoms with Crippen molar-refractivity contribution >= 4 is 39.9 Å². The molecule has 0 aromatic heterocycles. The summed E-state index contributed by atoms with van der Waals surface area (Å²) < 4.78 is 43.5. The molecule has 2 aromatic rings. The highest BCUT2D eigenvalue weighted by Gasteiger charge is 2.44. The maximum atomic E-state index is 14.6. The Balaban J connectivity index is 1.35. The molecule has 4 rings (SSSR count). The van der Waals surface area contributed by atoms with Crippen molar-refractivity contribution in [2.24, 2.45) is 0 Å². The molecule has 2 saturated heterocycles. The first-order valence-corrected chi connectivity index (χ1v) is 12.5. The Hall–Kier alpha value is -1.89. The van der Waals surface area contributed by atoms with Crippen molar-refractivity contribution in [2.45, 2.75) is 24.9 Å². The number of rotatable bonds is 9. The number of nitrogens with one attached hydrogen (secondary N) is 2. The molecule has 0 radical (unpaired) electrons. The molecule has 2 aliphatic heterocycles. The molecule has 0 aliphatic carbocycles. The van der Waals surface area contributed by atoms with Gasteiger partial charge in [0.05, 0.1) is 30.0 Å². The Labute approximate surface area is 210 Å². The first-order valence-electron chi connectivity index (χ1n) is 11.4. The van der Waals surface area contributed by atoms with E-state index in [1.165, 1.54) is 35.9 Å². The van der Waals surface area contributed by atoms with Crippen LogP contribution in [0.4, 0.5) is 24.5 Å². The second-order valence-corrected chi connectivity index (χ2v) is 10.2. The van der Waals surface area contributed by atoms with Crippen LogP contribution in [-0.2, 0) is 0 Å². The lowest BCUT2D eigenvalue weighted by Crippen LogP contribution is -2.67. The van der Waals surface area contributed by atoms with E-state index in [0.717, 1.165) is 38.7 Å². The van der Waals surface area contributed by atoms with Crippen molar-refractivity contribution in [3.05, 3.63) is 56.9 Å². The molecular formula is C24H28F3IN4O2. The van der Waals surface area contributed by atoms with Crippen molar-refractivity contribution in [3.8, 4) is 0 Å². The molecule has 184 valence electrons. The quantitative estimate of drug-likeness (QED) is 0.308. The zero-order valence-corrected chi connectivity index (χ0v) is 20.9. The van der Waals surface area contributed by atoms with E-state index in [2.05, 4.69) is 15.5 Å². The first-order chi connectivity index (χ1) is 16.3. The number of β-amino-alcohol motifs (C(OH)–C–C–N with tert-alkyl or cyclic N) is 1. The molecule has 0 saturated carbocycles. The monoisotopic (exact) mass is 588 g/mol. The van der Waals surface area contributed by atoms with Gasteiger partial charge in [-0.2, -0.15) is 0 Å². The highest BCUT2D eigenvalue weighted by molar-refractivity contribution is 14.1. The van der Waals surface area contributed by atoms with Crippen LogP contribution in [0.15, 0.2) is 30.3 Å². The number of hydrogen-bond acceptors (Lipinski definition) is 5. The van der Waals surface area contributed by atoms with Crippen molar-refractivity contribution in [3.63, 3.8) is 0 Å². The van der Waals surface area contributed by atoms with Crippen LogP contribution < -0.4 is 10.6 Å². The molecule has 2 aliphatic rings. The summed E-state index contributed by atoms with van der Waals surface area (Å²) in [7, 11) is 0. The van der Waals surface area contributed by atoms with E-state index in [4.69, 9.17) is 0 Å². The van der Waals surface area contributed by atoms with E-state index < -0.39 is 34.6 Å². The second-order valence-electron chi connectivity index (χ2n) is 9.00. The molecule has 0 bridgehead atoms. The number of carbonyl (C=O) groups excluding carboxylic acids is 1. The van der Waals surface area contributed by atoms with E-state index in [-0.39, 0.29) is 24.3 Å². The van der Waals surface area contributed by atoms with Gasteiger partial charge >= 0.3 is 0 Å². The lowest BCUT2D eigenvalue weighted by atomic mass is 9.92. The molecule has 1 amide bonds. The fourth-order valence-corrected chi connectivity index (χ4v) is 4.87. The van der Waals surface area contributed by atoms with Crippen LogP contribution in [-0.4, -0.2) is 72.2 Å². The van der Waals surface area contributed by atoms with Crippen LogP contribution in [0.3, 0.4) is 0 Å². The van der Waals surface area contributed by atoms with E-state index >= 15 is 0 Å². The first kappa shape index (κ1) is 25.2. The number of aliphatic hydroxyl groups is 1. The number of nitrogens with zero attached hydrogens (tertiary/aromatic N) is 2. The van der Waals surface area contributed by atoms with Gasteiger partial charge in [-0.25, -0.2) is 13.2 Å². The van der Waals surface area contributed by atoms with E-state index in [9.17, 15) is 23.1 Å². The average molecular weight is 588 g/mol. The molecule has 6 nitrogen and oxygen atoms in total. The Morgan fingerprint density at radius 1 is 1.09 bits per heavy atom. The van der Waals surface area contributed by atoms with Gasteiger partial charge in [0.1, 0.15) is 11.4 Å². The number of halogens is 4. The van der Waals surface area contributed by atoms with E-state index in [1.807, 2.05) is 22.6 Å². The number of likely N-dealkylation sites (tertiary alicyclic amines) is 2. The van der Waals surface area contributed by atoms with Gasteiger partial charge in [-0.15, -0.1) is 0 Å². The highest BCUT2D eigenvalue weighted by Crippen LogP contribution is 2.31. The molecule has 3 N–H and O–H groups in total. The van der Waals surface area contributed by atoms with Crippen molar-refractivity contribution in [1.29, 1.82) is 0 Å². The van der Waals surface area contributed by atoms with Gasteiger partial charge in [0, 0.05) is 10.1 Å². The number of carbonyl (C=O) groups is 1. The molecule has 0 atom stereocenters. The minimum atomic E-state index is -1.26. The van der Waals surface area contributed by atoms with Gasteiger partial charge in [0.2, 0.25) is 0 Å². The zero-order valence-electron chi connectivity index (χ0n) is 18.7. The van der Waals surface area contributed by atoms with Crippen molar-refractivity contribution in [1.82, 2.24) is 15.1 Å². The van der Waals surface area contributed by atoms with Crippen LogP contribution in [0, 0.1) is 21.0 Å². The molecule has 2 heterocycles. The fraction of sp³-hybridized carbons (Fsp3) is 0.458. The van der Waals surface area contributed by atoms with E-state index in [1.54, 1.807) is 6.07 Å². The third kappa shape index (κ3) is 5.84. The number of benzene rings is 2. The predicted octanol–water partition coefficient (Wildman–Crippen LogP) is 3.71. The Kier molecular flexibility index (Phi) is 8.01. The van der Waals surface area contributed by atoms with Gasteiger partial charge in [-0.1, -0.05) is 0 Å². The molecule has 2 fully saturated rings. The predicted molar refractivity (Wildman–Crippen MR) is 133 cm³/mol. The van der Waals surface area contributed by atoms with Crippen molar-refractivity contribution < 1.29 is 23.1 Å². The Bertz CT molecular complexity index is 1040. The molecule has 0 unspecified atom stereocenters. The second kappa shape index (κ2) is 10.8. The summed E-state index contributed by atoms with van der Waals surface area (Å²) in [6.45, 7) is 4.58. The van der Waals surface area contributed by atoms with Gasteiger partial charge < -0.3 is 25.5 Å². The molecule has 0 spiro atoms. The van der Waals surface area contributed by atoms with Gasteiger partial charge in [-0.05, 0) is 98.4 Å². The summed E-state index contributed by atoms with van der Waals surface area (Å²) in [5.74, 6) is -3.63.